The zero-order chi connectivity index (χ0) is 30.9. The first-order chi connectivity index (χ1) is 19.5. The van der Waals surface area contributed by atoms with Gasteiger partial charge in [-0.15, -0.1) is 0 Å². The zero-order valence-electron chi connectivity index (χ0n) is 23.1. The molecule has 15 heteroatoms. The fourth-order valence-electron chi connectivity index (χ4n) is 5.55. The fraction of sp³-hybridized carbons (Fsp3) is 0.481. The van der Waals surface area contributed by atoms with Gasteiger partial charge in [0, 0.05) is 24.7 Å². The Morgan fingerprint density at radius 3 is 2.07 bits per heavy atom. The molecule has 0 spiro atoms. The molecule has 10 nitrogen and oxygen atoms in total. The molecule has 0 radical (unpaired) electrons. The SMILES string of the molecule is CS(=O)(=O)N(c1ccc([C@H]2CC[C@@H](N3CC(NC(=O)CNC(=O)c4cccc(C(F)(F)F)c4)C3)CC2)cc1)S(C)(=O)=O. The second-order valence-corrected chi connectivity index (χ2v) is 14.7. The van der Waals surface area contributed by atoms with Gasteiger partial charge in [0.15, 0.2) is 0 Å². The highest BCUT2D eigenvalue weighted by atomic mass is 32.3. The van der Waals surface area contributed by atoms with Crippen LogP contribution in [0.5, 0.6) is 0 Å². The molecule has 0 aromatic heterocycles. The third-order valence-electron chi connectivity index (χ3n) is 7.53. The molecule has 2 amide bonds. The van der Waals surface area contributed by atoms with E-state index in [0.29, 0.717) is 22.8 Å². The average molecular weight is 631 g/mol. The van der Waals surface area contributed by atoms with Crippen molar-refractivity contribution in [3.63, 3.8) is 0 Å². The molecule has 0 bridgehead atoms. The minimum absolute atomic E-state index is 0.0707. The summed E-state index contributed by atoms with van der Waals surface area (Å²) >= 11 is 0. The van der Waals surface area contributed by atoms with Crippen LogP contribution in [0.3, 0.4) is 0 Å². The van der Waals surface area contributed by atoms with Crippen molar-refractivity contribution in [3.05, 3.63) is 65.2 Å². The second kappa shape index (κ2) is 12.2. The summed E-state index contributed by atoms with van der Waals surface area (Å²) in [6.45, 7) is 0.968. The van der Waals surface area contributed by atoms with Crippen LogP contribution >= 0.6 is 0 Å². The number of hydrogen-bond acceptors (Lipinski definition) is 7. The van der Waals surface area contributed by atoms with Gasteiger partial charge >= 0.3 is 6.18 Å². The number of benzene rings is 2. The van der Waals surface area contributed by atoms with Crippen LogP contribution < -0.4 is 14.3 Å². The first-order valence-electron chi connectivity index (χ1n) is 13.3. The van der Waals surface area contributed by atoms with E-state index >= 15 is 0 Å². The Labute approximate surface area is 243 Å². The van der Waals surface area contributed by atoms with Crippen molar-refractivity contribution >= 4 is 37.5 Å². The van der Waals surface area contributed by atoms with E-state index in [1.54, 1.807) is 12.1 Å². The van der Waals surface area contributed by atoms with E-state index in [1.165, 1.54) is 18.2 Å². The predicted octanol–water partition coefficient (Wildman–Crippen LogP) is 2.69. The molecule has 2 N–H and O–H groups in total. The molecule has 1 heterocycles. The maximum atomic E-state index is 12.9. The van der Waals surface area contributed by atoms with Gasteiger partial charge in [-0.3, -0.25) is 14.5 Å². The highest BCUT2D eigenvalue weighted by Gasteiger charge is 2.36. The van der Waals surface area contributed by atoms with Crippen molar-refractivity contribution in [2.24, 2.45) is 0 Å². The molecule has 1 saturated heterocycles. The maximum Gasteiger partial charge on any atom is 0.416 e. The lowest BCUT2D eigenvalue weighted by Gasteiger charge is -2.46. The van der Waals surface area contributed by atoms with Crippen molar-refractivity contribution in [2.45, 2.75) is 49.9 Å². The number of anilines is 1. The van der Waals surface area contributed by atoms with Crippen LogP contribution in [-0.4, -0.2) is 77.8 Å². The lowest BCUT2D eigenvalue weighted by Crippen LogP contribution is -2.63. The Balaban J connectivity index is 1.19. The Morgan fingerprint density at radius 1 is 0.929 bits per heavy atom. The van der Waals surface area contributed by atoms with Crippen LogP contribution in [-0.2, 0) is 31.0 Å². The third-order valence-corrected chi connectivity index (χ3v) is 10.8. The van der Waals surface area contributed by atoms with Crippen molar-refractivity contribution in [2.75, 3.05) is 35.9 Å². The highest BCUT2D eigenvalue weighted by molar-refractivity contribution is 8.09. The van der Waals surface area contributed by atoms with Gasteiger partial charge in [-0.2, -0.15) is 16.9 Å². The van der Waals surface area contributed by atoms with Crippen molar-refractivity contribution in [3.8, 4) is 0 Å². The molecular weight excluding hydrogens is 597 g/mol. The predicted molar refractivity (Wildman–Crippen MR) is 151 cm³/mol. The van der Waals surface area contributed by atoms with Crippen LogP contribution in [0.25, 0.3) is 0 Å². The highest BCUT2D eigenvalue weighted by Crippen LogP contribution is 2.37. The third kappa shape index (κ3) is 7.81. The summed E-state index contributed by atoms with van der Waals surface area (Å²) in [6.07, 6.45) is 0.787. The molecule has 0 atom stereocenters. The smallest absolute Gasteiger partial charge is 0.349 e. The summed E-state index contributed by atoms with van der Waals surface area (Å²) in [5.41, 5.74) is -0.0307. The van der Waals surface area contributed by atoms with Crippen molar-refractivity contribution in [1.29, 1.82) is 0 Å². The maximum absolute atomic E-state index is 12.9. The number of halogens is 3. The van der Waals surface area contributed by atoms with Gasteiger partial charge in [0.05, 0.1) is 36.3 Å². The molecule has 42 heavy (non-hydrogen) atoms. The van der Waals surface area contributed by atoms with Gasteiger partial charge < -0.3 is 10.6 Å². The molecule has 1 aliphatic heterocycles. The molecule has 2 aromatic carbocycles. The number of rotatable bonds is 9. The van der Waals surface area contributed by atoms with Crippen LogP contribution in [0.15, 0.2) is 48.5 Å². The Bertz CT molecular complexity index is 1490. The number of nitrogens with zero attached hydrogens (tertiary/aromatic N) is 2. The number of carbonyl (C=O) groups is 2. The normalized spacial score (nSPS) is 20.4. The quantitative estimate of drug-likeness (QED) is 0.436. The monoisotopic (exact) mass is 630 g/mol. The standard InChI is InChI=1S/C27H33F3N4O6S2/c1-41(37,38)34(42(2,39)40)24-12-8-19(9-13-24)18-6-10-23(11-7-18)33-16-22(17-33)32-25(35)15-31-26(36)20-4-3-5-21(14-20)27(28,29)30/h3-5,8-9,12-14,18,22-23H,6-7,10-11,15-17H2,1-2H3,(H,31,36)(H,32,35)/t18-,23+. The van der Waals surface area contributed by atoms with E-state index in [4.69, 9.17) is 0 Å². The molecule has 230 valence electrons. The Kier molecular flexibility index (Phi) is 9.23. The van der Waals surface area contributed by atoms with E-state index in [1.807, 2.05) is 0 Å². The molecule has 2 aromatic rings. The summed E-state index contributed by atoms with van der Waals surface area (Å²) < 4.78 is 87.0. The Hall–Kier alpha value is -3.17. The van der Waals surface area contributed by atoms with E-state index in [2.05, 4.69) is 15.5 Å². The molecule has 2 fully saturated rings. The molecule has 2 aliphatic rings. The van der Waals surface area contributed by atoms with E-state index < -0.39 is 43.6 Å². The molecule has 1 saturated carbocycles. The van der Waals surface area contributed by atoms with Gasteiger partial charge in [-0.25, -0.2) is 16.8 Å². The van der Waals surface area contributed by atoms with E-state index in [-0.39, 0.29) is 29.8 Å². The molecule has 0 unspecified atom stereocenters. The minimum atomic E-state index is -4.57. The minimum Gasteiger partial charge on any atom is -0.349 e. The number of hydrogen-bond donors (Lipinski definition) is 2. The van der Waals surface area contributed by atoms with Gasteiger partial charge in [-0.1, -0.05) is 18.2 Å². The van der Waals surface area contributed by atoms with Crippen molar-refractivity contribution < 1.29 is 39.6 Å². The Morgan fingerprint density at radius 2 is 1.52 bits per heavy atom. The largest absolute Gasteiger partial charge is 0.416 e. The average Bonchev–Trinajstić information content (AvgIpc) is 2.88. The summed E-state index contributed by atoms with van der Waals surface area (Å²) in [7, 11) is -8.01. The zero-order valence-corrected chi connectivity index (χ0v) is 24.7. The molecular formula is C27H33F3N4O6S2. The van der Waals surface area contributed by atoms with Gasteiger partial charge in [0.2, 0.25) is 26.0 Å². The van der Waals surface area contributed by atoms with Gasteiger partial charge in [0.25, 0.3) is 5.91 Å². The lowest BCUT2D eigenvalue weighted by molar-refractivity contribution is -0.137. The summed E-state index contributed by atoms with van der Waals surface area (Å²) in [5, 5.41) is 5.19. The van der Waals surface area contributed by atoms with Gasteiger partial charge in [-0.05, 0) is 67.5 Å². The second-order valence-electron chi connectivity index (χ2n) is 10.8. The van der Waals surface area contributed by atoms with Crippen LogP contribution in [0, 0.1) is 0 Å². The first-order valence-corrected chi connectivity index (χ1v) is 17.0. The molecule has 4 rings (SSSR count). The van der Waals surface area contributed by atoms with Crippen molar-refractivity contribution in [1.82, 2.24) is 15.5 Å². The lowest BCUT2D eigenvalue weighted by atomic mass is 9.80. The van der Waals surface area contributed by atoms with Crippen LogP contribution in [0.4, 0.5) is 18.9 Å². The van der Waals surface area contributed by atoms with Crippen LogP contribution in [0.1, 0.15) is 53.1 Å². The summed E-state index contributed by atoms with van der Waals surface area (Å²) in [5.74, 6) is -0.920. The number of likely N-dealkylation sites (tertiary alicyclic amines) is 1. The summed E-state index contributed by atoms with van der Waals surface area (Å²) in [4.78, 5) is 26.7. The van der Waals surface area contributed by atoms with E-state index in [9.17, 15) is 39.6 Å². The number of sulfonamides is 2. The number of alkyl halides is 3. The fourth-order valence-corrected chi connectivity index (χ4v) is 8.53. The molecule has 1 aliphatic carbocycles. The van der Waals surface area contributed by atoms with E-state index in [0.717, 1.165) is 62.0 Å². The topological polar surface area (TPSA) is 133 Å². The number of amides is 2. The van der Waals surface area contributed by atoms with Crippen LogP contribution in [0.2, 0.25) is 0 Å². The first kappa shape index (κ1) is 31.8. The number of carbonyl (C=O) groups excluding carboxylic acids is 2. The number of nitrogens with one attached hydrogen (secondary N) is 2. The summed E-state index contributed by atoms with van der Waals surface area (Å²) in [6, 6.07) is 10.8. The van der Waals surface area contributed by atoms with Gasteiger partial charge in [0.1, 0.15) is 0 Å².